The molecule has 0 bridgehead atoms. The van der Waals surface area contributed by atoms with Crippen molar-refractivity contribution in [2.75, 3.05) is 13.7 Å². The Balaban J connectivity index is 1.69. The quantitative estimate of drug-likeness (QED) is 0.374. The Kier molecular flexibility index (Phi) is 8.15. The van der Waals surface area contributed by atoms with Crippen molar-refractivity contribution in [3.05, 3.63) is 58.1 Å². The third-order valence-electron chi connectivity index (χ3n) is 3.71. The number of benzene rings is 2. The largest absolute Gasteiger partial charge is 0.497 e. The zero-order valence-corrected chi connectivity index (χ0v) is 16.6. The van der Waals surface area contributed by atoms with Crippen molar-refractivity contribution in [2.45, 2.75) is 26.2 Å². The third-order valence-corrected chi connectivity index (χ3v) is 4.33. The first kappa shape index (κ1) is 20.0. The lowest BCUT2D eigenvalue weighted by molar-refractivity contribution is -0.121. The van der Waals surface area contributed by atoms with E-state index in [0.717, 1.165) is 28.0 Å². The van der Waals surface area contributed by atoms with Gasteiger partial charge < -0.3 is 9.47 Å². The maximum absolute atomic E-state index is 11.8. The van der Waals surface area contributed by atoms with Crippen LogP contribution in [0.25, 0.3) is 0 Å². The van der Waals surface area contributed by atoms with Crippen molar-refractivity contribution >= 4 is 28.1 Å². The fourth-order valence-electron chi connectivity index (χ4n) is 2.25. The minimum atomic E-state index is -0.145. The molecule has 5 nitrogen and oxygen atoms in total. The smallest absolute Gasteiger partial charge is 0.240 e. The van der Waals surface area contributed by atoms with Crippen LogP contribution in [-0.4, -0.2) is 25.8 Å². The lowest BCUT2D eigenvalue weighted by Gasteiger charge is -2.09. The van der Waals surface area contributed by atoms with Gasteiger partial charge in [-0.3, -0.25) is 4.79 Å². The number of ether oxygens (including phenoxy) is 2. The van der Waals surface area contributed by atoms with E-state index in [1.54, 1.807) is 13.3 Å². The highest BCUT2D eigenvalue weighted by Crippen LogP contribution is 2.26. The Morgan fingerprint density at radius 1 is 1.27 bits per heavy atom. The van der Waals surface area contributed by atoms with Crippen LogP contribution in [-0.2, 0) is 11.2 Å². The summed E-state index contributed by atoms with van der Waals surface area (Å²) in [5, 5.41) is 3.96. The minimum absolute atomic E-state index is 0.145. The van der Waals surface area contributed by atoms with Crippen LogP contribution in [0, 0.1) is 0 Å². The maximum Gasteiger partial charge on any atom is 0.240 e. The van der Waals surface area contributed by atoms with E-state index in [0.29, 0.717) is 19.4 Å². The highest BCUT2D eigenvalue weighted by Gasteiger charge is 2.04. The van der Waals surface area contributed by atoms with Gasteiger partial charge in [0.2, 0.25) is 5.91 Å². The second kappa shape index (κ2) is 10.6. The first-order valence-corrected chi connectivity index (χ1v) is 9.29. The van der Waals surface area contributed by atoms with Gasteiger partial charge in [-0.25, -0.2) is 5.43 Å². The van der Waals surface area contributed by atoms with Gasteiger partial charge in [-0.1, -0.05) is 25.1 Å². The van der Waals surface area contributed by atoms with Crippen molar-refractivity contribution in [3.8, 4) is 11.5 Å². The number of nitrogens with one attached hydrogen (secondary N) is 1. The molecule has 1 amide bonds. The van der Waals surface area contributed by atoms with Crippen LogP contribution in [0.5, 0.6) is 11.5 Å². The normalized spacial score (nSPS) is 10.7. The van der Waals surface area contributed by atoms with Crippen molar-refractivity contribution in [1.29, 1.82) is 0 Å². The van der Waals surface area contributed by atoms with Gasteiger partial charge in [-0.2, -0.15) is 5.10 Å². The number of amides is 1. The van der Waals surface area contributed by atoms with Gasteiger partial charge in [0.25, 0.3) is 0 Å². The number of nitrogens with zero attached hydrogens (tertiary/aromatic N) is 1. The van der Waals surface area contributed by atoms with E-state index >= 15 is 0 Å². The lowest BCUT2D eigenvalue weighted by atomic mass is 10.2. The van der Waals surface area contributed by atoms with Gasteiger partial charge in [0.1, 0.15) is 11.5 Å². The maximum atomic E-state index is 11.8. The fourth-order valence-corrected chi connectivity index (χ4v) is 2.79. The van der Waals surface area contributed by atoms with Gasteiger partial charge in [0.05, 0.1) is 24.4 Å². The van der Waals surface area contributed by atoms with Gasteiger partial charge in [-0.05, 0) is 64.2 Å². The summed E-state index contributed by atoms with van der Waals surface area (Å²) >= 11 is 3.50. The number of hydrogen-bond donors (Lipinski definition) is 1. The van der Waals surface area contributed by atoms with Crippen LogP contribution >= 0.6 is 15.9 Å². The Labute approximate surface area is 162 Å². The number of rotatable bonds is 9. The summed E-state index contributed by atoms with van der Waals surface area (Å²) in [5.74, 6) is 1.39. The third kappa shape index (κ3) is 6.52. The molecule has 0 spiro atoms. The minimum Gasteiger partial charge on any atom is -0.497 e. The van der Waals surface area contributed by atoms with E-state index in [-0.39, 0.29) is 5.91 Å². The van der Waals surface area contributed by atoms with Gasteiger partial charge >= 0.3 is 0 Å². The second-order valence-electron chi connectivity index (χ2n) is 5.64. The molecule has 2 aromatic carbocycles. The molecule has 0 aromatic heterocycles. The zero-order valence-electron chi connectivity index (χ0n) is 15.0. The van der Waals surface area contributed by atoms with E-state index in [9.17, 15) is 4.79 Å². The number of hydrazone groups is 1. The lowest BCUT2D eigenvalue weighted by Crippen LogP contribution is -2.18. The summed E-state index contributed by atoms with van der Waals surface area (Å²) in [5.41, 5.74) is 4.62. The first-order valence-electron chi connectivity index (χ1n) is 8.49. The van der Waals surface area contributed by atoms with E-state index in [4.69, 9.17) is 9.47 Å². The van der Waals surface area contributed by atoms with E-state index in [1.807, 2.05) is 36.4 Å². The van der Waals surface area contributed by atoms with Gasteiger partial charge in [0, 0.05) is 6.42 Å². The molecule has 0 fully saturated rings. The summed E-state index contributed by atoms with van der Waals surface area (Å²) in [6.07, 6.45) is 3.53. The standard InChI is InChI=1S/C20H23BrN2O3/c1-3-15-9-10-19(18(21)13-15)26-11-5-8-20(24)23-22-14-16-6-4-7-17(12-16)25-2/h4,6-7,9-10,12-14H,3,5,8,11H2,1-2H3,(H,23,24)/b22-14+. The molecule has 0 aliphatic heterocycles. The van der Waals surface area contributed by atoms with Crippen LogP contribution in [0.1, 0.15) is 30.9 Å². The highest BCUT2D eigenvalue weighted by molar-refractivity contribution is 9.10. The Morgan fingerprint density at radius 2 is 2.12 bits per heavy atom. The highest BCUT2D eigenvalue weighted by atomic mass is 79.9. The summed E-state index contributed by atoms with van der Waals surface area (Å²) in [4.78, 5) is 11.8. The molecule has 0 radical (unpaired) electrons. The summed E-state index contributed by atoms with van der Waals surface area (Å²) < 4.78 is 11.8. The topological polar surface area (TPSA) is 59.9 Å². The average Bonchev–Trinajstić information content (AvgIpc) is 2.66. The Morgan fingerprint density at radius 3 is 2.85 bits per heavy atom. The van der Waals surface area contributed by atoms with Crippen LogP contribution in [0.15, 0.2) is 52.0 Å². The molecule has 6 heteroatoms. The molecule has 138 valence electrons. The molecule has 2 aromatic rings. The van der Waals surface area contributed by atoms with Crippen molar-refractivity contribution < 1.29 is 14.3 Å². The molecule has 0 aliphatic rings. The van der Waals surface area contributed by atoms with Crippen LogP contribution in [0.4, 0.5) is 0 Å². The summed E-state index contributed by atoms with van der Waals surface area (Å²) in [6, 6.07) is 13.5. The number of carbonyl (C=O) groups is 1. The van der Waals surface area contributed by atoms with Crippen LogP contribution < -0.4 is 14.9 Å². The molecule has 0 saturated carbocycles. The molecule has 0 unspecified atom stereocenters. The SMILES string of the molecule is CCc1ccc(OCCCC(=O)N/N=C/c2cccc(OC)c2)c(Br)c1. The molecule has 0 heterocycles. The van der Waals surface area contributed by atoms with Crippen molar-refractivity contribution in [1.82, 2.24) is 5.43 Å². The predicted octanol–water partition coefficient (Wildman–Crippen LogP) is 4.33. The predicted molar refractivity (Wildman–Crippen MR) is 107 cm³/mol. The van der Waals surface area contributed by atoms with Crippen molar-refractivity contribution in [2.24, 2.45) is 5.10 Å². The Bertz CT molecular complexity index is 762. The molecule has 1 N–H and O–H groups in total. The number of hydrogen-bond acceptors (Lipinski definition) is 4. The van der Waals surface area contributed by atoms with E-state index < -0.39 is 0 Å². The number of halogens is 1. The van der Waals surface area contributed by atoms with E-state index in [2.05, 4.69) is 39.4 Å². The number of carbonyl (C=O) groups excluding carboxylic acids is 1. The summed E-state index contributed by atoms with van der Waals surface area (Å²) in [6.45, 7) is 2.58. The molecule has 0 atom stereocenters. The number of aryl methyl sites for hydroxylation is 1. The molecule has 0 saturated heterocycles. The van der Waals surface area contributed by atoms with Crippen LogP contribution in [0.2, 0.25) is 0 Å². The van der Waals surface area contributed by atoms with Gasteiger partial charge in [0.15, 0.2) is 0 Å². The number of methoxy groups -OCH3 is 1. The monoisotopic (exact) mass is 418 g/mol. The van der Waals surface area contributed by atoms with Gasteiger partial charge in [-0.15, -0.1) is 0 Å². The first-order chi connectivity index (χ1) is 12.6. The summed E-state index contributed by atoms with van der Waals surface area (Å²) in [7, 11) is 1.61. The molecular weight excluding hydrogens is 396 g/mol. The van der Waals surface area contributed by atoms with Crippen LogP contribution in [0.3, 0.4) is 0 Å². The van der Waals surface area contributed by atoms with E-state index in [1.165, 1.54) is 5.56 Å². The average molecular weight is 419 g/mol. The molecule has 26 heavy (non-hydrogen) atoms. The molecule has 2 rings (SSSR count). The zero-order chi connectivity index (χ0) is 18.8. The molecular formula is C20H23BrN2O3. The fraction of sp³-hybridized carbons (Fsp3) is 0.300. The Hall–Kier alpha value is -2.34. The molecule has 0 aliphatic carbocycles. The second-order valence-corrected chi connectivity index (χ2v) is 6.49. The van der Waals surface area contributed by atoms with Crippen molar-refractivity contribution in [3.63, 3.8) is 0 Å².